The fraction of sp³-hybridized carbons (Fsp3) is 0.571. The first-order chi connectivity index (χ1) is 9.43. The van der Waals surface area contributed by atoms with Gasteiger partial charge in [-0.25, -0.2) is 4.39 Å². The van der Waals surface area contributed by atoms with Crippen LogP contribution in [-0.2, 0) is 6.18 Å². The second-order valence-electron chi connectivity index (χ2n) is 4.94. The molecular weight excluding hydrogens is 272 g/mol. The van der Waals surface area contributed by atoms with Gasteiger partial charge in [-0.3, -0.25) is 4.90 Å². The van der Waals surface area contributed by atoms with Crippen LogP contribution in [0.3, 0.4) is 0 Å². The average Bonchev–Trinajstić information content (AvgIpc) is 2.41. The van der Waals surface area contributed by atoms with Crippen LogP contribution in [-0.4, -0.2) is 31.1 Å². The SMILES string of the molecule is CC[C@@H](c1ccc(C(F)(F)F)cc1F)N1CCNCC1. The zero-order valence-corrected chi connectivity index (χ0v) is 11.3. The maximum absolute atomic E-state index is 14.0. The molecule has 1 N–H and O–H groups in total. The molecule has 1 heterocycles. The lowest BCUT2D eigenvalue weighted by molar-refractivity contribution is -0.137. The van der Waals surface area contributed by atoms with Gasteiger partial charge < -0.3 is 5.32 Å². The van der Waals surface area contributed by atoms with Crippen molar-refractivity contribution in [1.29, 1.82) is 0 Å². The van der Waals surface area contributed by atoms with E-state index >= 15 is 0 Å². The van der Waals surface area contributed by atoms with Crippen molar-refractivity contribution in [2.75, 3.05) is 26.2 Å². The van der Waals surface area contributed by atoms with Crippen LogP contribution >= 0.6 is 0 Å². The van der Waals surface area contributed by atoms with E-state index in [1.165, 1.54) is 6.07 Å². The number of benzene rings is 1. The van der Waals surface area contributed by atoms with Gasteiger partial charge in [0.1, 0.15) is 5.82 Å². The van der Waals surface area contributed by atoms with Gasteiger partial charge in [0.2, 0.25) is 0 Å². The number of rotatable bonds is 3. The van der Waals surface area contributed by atoms with Gasteiger partial charge in [0.05, 0.1) is 5.56 Å². The van der Waals surface area contributed by atoms with Crippen LogP contribution in [0.4, 0.5) is 17.6 Å². The van der Waals surface area contributed by atoms with Crippen LogP contribution in [0.1, 0.15) is 30.5 Å². The lowest BCUT2D eigenvalue weighted by atomic mass is 9.99. The second-order valence-corrected chi connectivity index (χ2v) is 4.94. The highest BCUT2D eigenvalue weighted by atomic mass is 19.4. The molecule has 1 fully saturated rings. The Morgan fingerprint density at radius 3 is 2.40 bits per heavy atom. The highest BCUT2D eigenvalue weighted by Crippen LogP contribution is 2.33. The number of nitrogens with zero attached hydrogens (tertiary/aromatic N) is 1. The fourth-order valence-corrected chi connectivity index (χ4v) is 2.64. The van der Waals surface area contributed by atoms with Crippen molar-refractivity contribution in [3.8, 4) is 0 Å². The summed E-state index contributed by atoms with van der Waals surface area (Å²) in [6, 6.07) is 2.66. The van der Waals surface area contributed by atoms with Crippen LogP contribution in [0.15, 0.2) is 18.2 Å². The molecule has 0 aromatic heterocycles. The predicted octanol–water partition coefficient (Wildman–Crippen LogP) is 3.20. The Balaban J connectivity index is 2.26. The van der Waals surface area contributed by atoms with Gasteiger partial charge in [-0.05, 0) is 18.6 Å². The molecule has 1 saturated heterocycles. The summed E-state index contributed by atoms with van der Waals surface area (Å²) < 4.78 is 51.7. The Labute approximate surface area is 115 Å². The van der Waals surface area contributed by atoms with Crippen LogP contribution in [0.2, 0.25) is 0 Å². The van der Waals surface area contributed by atoms with Gasteiger partial charge in [0.25, 0.3) is 0 Å². The first-order valence-corrected chi connectivity index (χ1v) is 6.75. The molecule has 1 aromatic carbocycles. The van der Waals surface area contributed by atoms with Gasteiger partial charge in [0, 0.05) is 37.8 Å². The largest absolute Gasteiger partial charge is 0.416 e. The van der Waals surface area contributed by atoms with Gasteiger partial charge >= 0.3 is 6.18 Å². The van der Waals surface area contributed by atoms with E-state index < -0.39 is 17.6 Å². The third-order valence-corrected chi connectivity index (χ3v) is 3.67. The summed E-state index contributed by atoms with van der Waals surface area (Å²) in [4.78, 5) is 2.11. The van der Waals surface area contributed by atoms with E-state index in [2.05, 4.69) is 10.2 Å². The number of halogens is 4. The summed E-state index contributed by atoms with van der Waals surface area (Å²) in [5.74, 6) is -0.773. The van der Waals surface area contributed by atoms with E-state index in [4.69, 9.17) is 0 Å². The van der Waals surface area contributed by atoms with E-state index in [1.807, 2.05) is 6.92 Å². The monoisotopic (exact) mass is 290 g/mol. The zero-order valence-electron chi connectivity index (χ0n) is 11.3. The molecular formula is C14H18F4N2. The van der Waals surface area contributed by atoms with E-state index in [0.717, 1.165) is 32.2 Å². The van der Waals surface area contributed by atoms with Crippen molar-refractivity contribution in [3.05, 3.63) is 35.1 Å². The minimum absolute atomic E-state index is 0.167. The molecule has 112 valence electrons. The molecule has 1 aliphatic rings. The van der Waals surface area contributed by atoms with E-state index in [-0.39, 0.29) is 6.04 Å². The Morgan fingerprint density at radius 1 is 1.25 bits per heavy atom. The van der Waals surface area contributed by atoms with Gasteiger partial charge in [-0.2, -0.15) is 13.2 Å². The Morgan fingerprint density at radius 2 is 1.90 bits per heavy atom. The van der Waals surface area contributed by atoms with E-state index in [1.54, 1.807) is 0 Å². The molecule has 0 aliphatic carbocycles. The topological polar surface area (TPSA) is 15.3 Å². The van der Waals surface area contributed by atoms with Crippen LogP contribution < -0.4 is 5.32 Å². The normalized spacial score (nSPS) is 19.1. The third kappa shape index (κ3) is 3.30. The second kappa shape index (κ2) is 6.10. The Kier molecular flexibility index (Phi) is 4.65. The molecule has 0 amide bonds. The van der Waals surface area contributed by atoms with Crippen molar-refractivity contribution in [2.24, 2.45) is 0 Å². The van der Waals surface area contributed by atoms with Crippen LogP contribution in [0.25, 0.3) is 0 Å². The molecule has 0 unspecified atom stereocenters. The average molecular weight is 290 g/mol. The van der Waals surface area contributed by atoms with Crippen molar-refractivity contribution < 1.29 is 17.6 Å². The number of hydrogen-bond donors (Lipinski definition) is 1. The molecule has 20 heavy (non-hydrogen) atoms. The first-order valence-electron chi connectivity index (χ1n) is 6.75. The quantitative estimate of drug-likeness (QED) is 0.860. The van der Waals surface area contributed by atoms with Gasteiger partial charge in [-0.1, -0.05) is 13.0 Å². The Hall–Kier alpha value is -1.14. The lowest BCUT2D eigenvalue weighted by Gasteiger charge is -2.35. The van der Waals surface area contributed by atoms with E-state index in [0.29, 0.717) is 18.1 Å². The molecule has 2 rings (SSSR count). The highest BCUT2D eigenvalue weighted by molar-refractivity contribution is 5.28. The number of piperazine rings is 1. The van der Waals surface area contributed by atoms with Crippen LogP contribution in [0, 0.1) is 5.82 Å². The smallest absolute Gasteiger partial charge is 0.314 e. The minimum atomic E-state index is -4.50. The highest BCUT2D eigenvalue weighted by Gasteiger charge is 2.32. The molecule has 0 spiro atoms. The summed E-state index contributed by atoms with van der Waals surface area (Å²) in [5.41, 5.74) is -0.587. The molecule has 0 bridgehead atoms. The number of hydrogen-bond acceptors (Lipinski definition) is 2. The molecule has 0 radical (unpaired) electrons. The summed E-state index contributed by atoms with van der Waals surface area (Å²) in [6.07, 6.45) is -3.83. The molecule has 6 heteroatoms. The molecule has 1 aliphatic heterocycles. The summed E-state index contributed by atoms with van der Waals surface area (Å²) in [5, 5.41) is 3.20. The summed E-state index contributed by atoms with van der Waals surface area (Å²) in [7, 11) is 0. The number of alkyl halides is 3. The fourth-order valence-electron chi connectivity index (χ4n) is 2.64. The number of nitrogens with one attached hydrogen (secondary N) is 1. The minimum Gasteiger partial charge on any atom is -0.314 e. The first kappa shape index (κ1) is 15.3. The maximum Gasteiger partial charge on any atom is 0.416 e. The van der Waals surface area contributed by atoms with Crippen LogP contribution in [0.5, 0.6) is 0 Å². The van der Waals surface area contributed by atoms with Crippen molar-refractivity contribution in [3.63, 3.8) is 0 Å². The summed E-state index contributed by atoms with van der Waals surface area (Å²) >= 11 is 0. The third-order valence-electron chi connectivity index (χ3n) is 3.67. The van der Waals surface area contributed by atoms with E-state index in [9.17, 15) is 17.6 Å². The lowest BCUT2D eigenvalue weighted by Crippen LogP contribution is -2.45. The molecule has 0 saturated carbocycles. The Bertz CT molecular complexity index is 453. The van der Waals surface area contributed by atoms with Crippen molar-refractivity contribution >= 4 is 0 Å². The molecule has 2 nitrogen and oxygen atoms in total. The van der Waals surface area contributed by atoms with Crippen molar-refractivity contribution in [2.45, 2.75) is 25.6 Å². The maximum atomic E-state index is 14.0. The van der Waals surface area contributed by atoms with Gasteiger partial charge in [-0.15, -0.1) is 0 Å². The predicted molar refractivity (Wildman–Crippen MR) is 68.9 cm³/mol. The zero-order chi connectivity index (χ0) is 14.8. The summed E-state index contributed by atoms with van der Waals surface area (Å²) in [6.45, 7) is 5.11. The van der Waals surface area contributed by atoms with Gasteiger partial charge in [0.15, 0.2) is 0 Å². The van der Waals surface area contributed by atoms with Crippen molar-refractivity contribution in [1.82, 2.24) is 10.2 Å². The standard InChI is InChI=1S/C14H18F4N2/c1-2-13(20-7-5-19-6-8-20)11-4-3-10(9-12(11)15)14(16,17)18/h3-4,9,13,19H,2,5-8H2,1H3/t13-/m0/s1. The molecule has 1 aromatic rings. The molecule has 1 atom stereocenters.